The fraction of sp³-hybridized carbons (Fsp3) is 0. The van der Waals surface area contributed by atoms with Gasteiger partial charge < -0.3 is 0 Å². The summed E-state index contributed by atoms with van der Waals surface area (Å²) in [5.41, 5.74) is 6.30. The van der Waals surface area contributed by atoms with E-state index in [-0.39, 0.29) is 0 Å². The molecule has 4 nitrogen and oxygen atoms in total. The highest BCUT2D eigenvalue weighted by Gasteiger charge is 2.21. The molecule has 0 N–H and O–H groups in total. The standard InChI is InChI=1S/C37H23N4P/c1-2-11-31-29(9-1)30-10-3-4-12-35(30)41-36-23-28(16-18-33(36)40-37(31)41)42(26-15-17-32-25(21-26)8-6-19-38-32)27-14-13-24-7-5-20-39-34(24)22-27/h1-23H. The number of fused-ring (bicyclic) bond motifs is 10. The minimum Gasteiger partial charge on any atom is -0.292 e. The Bertz CT molecular complexity index is 2420. The Hall–Kier alpha value is -5.18. The summed E-state index contributed by atoms with van der Waals surface area (Å²) < 4.78 is 2.34. The van der Waals surface area contributed by atoms with Crippen molar-refractivity contribution in [2.24, 2.45) is 0 Å². The van der Waals surface area contributed by atoms with Crippen molar-refractivity contribution < 1.29 is 0 Å². The van der Waals surface area contributed by atoms with E-state index in [4.69, 9.17) is 9.97 Å². The van der Waals surface area contributed by atoms with E-state index < -0.39 is 7.92 Å². The van der Waals surface area contributed by atoms with E-state index in [0.29, 0.717) is 0 Å². The molecule has 0 aliphatic rings. The first kappa shape index (κ1) is 23.5. The van der Waals surface area contributed by atoms with Crippen molar-refractivity contribution in [2.45, 2.75) is 0 Å². The summed E-state index contributed by atoms with van der Waals surface area (Å²) in [4.78, 5) is 14.4. The van der Waals surface area contributed by atoms with Crippen LogP contribution in [-0.4, -0.2) is 19.4 Å². The zero-order valence-corrected chi connectivity index (χ0v) is 23.4. The predicted molar refractivity (Wildman–Crippen MR) is 177 cm³/mol. The van der Waals surface area contributed by atoms with Crippen LogP contribution in [0.25, 0.3) is 60.2 Å². The monoisotopic (exact) mass is 554 g/mol. The average molecular weight is 555 g/mol. The highest BCUT2D eigenvalue weighted by atomic mass is 31.1. The van der Waals surface area contributed by atoms with Crippen molar-refractivity contribution >= 4 is 84.0 Å². The summed E-state index contributed by atoms with van der Waals surface area (Å²) in [5.74, 6) is 0. The highest BCUT2D eigenvalue weighted by molar-refractivity contribution is 7.79. The van der Waals surface area contributed by atoms with Crippen LogP contribution in [0.5, 0.6) is 0 Å². The van der Waals surface area contributed by atoms with Gasteiger partial charge in [0.2, 0.25) is 0 Å². The Balaban J connectivity index is 1.35. The maximum absolute atomic E-state index is 5.17. The van der Waals surface area contributed by atoms with Gasteiger partial charge in [-0.15, -0.1) is 0 Å². The predicted octanol–water partition coefficient (Wildman–Crippen LogP) is 7.65. The number of aromatic nitrogens is 4. The topological polar surface area (TPSA) is 43.1 Å². The molecule has 9 rings (SSSR count). The van der Waals surface area contributed by atoms with E-state index >= 15 is 0 Å². The van der Waals surface area contributed by atoms with E-state index in [1.54, 1.807) is 0 Å². The number of rotatable bonds is 3. The molecule has 5 aromatic carbocycles. The summed E-state index contributed by atoms with van der Waals surface area (Å²) in [6, 6.07) is 45.7. The van der Waals surface area contributed by atoms with Crippen LogP contribution in [0.4, 0.5) is 0 Å². The van der Waals surface area contributed by atoms with Gasteiger partial charge in [-0.05, 0) is 77.8 Å². The lowest BCUT2D eigenvalue weighted by atomic mass is 10.1. The van der Waals surface area contributed by atoms with Gasteiger partial charge in [0.1, 0.15) is 5.65 Å². The van der Waals surface area contributed by atoms with Gasteiger partial charge in [-0.2, -0.15) is 0 Å². The zero-order chi connectivity index (χ0) is 27.6. The van der Waals surface area contributed by atoms with Crippen molar-refractivity contribution in [3.05, 3.63) is 140 Å². The third-order valence-corrected chi connectivity index (χ3v) is 10.6. The van der Waals surface area contributed by atoms with Crippen molar-refractivity contribution in [2.75, 3.05) is 0 Å². The van der Waals surface area contributed by atoms with Crippen LogP contribution >= 0.6 is 7.92 Å². The molecular weight excluding hydrogens is 531 g/mol. The molecule has 0 aliphatic heterocycles. The molecule has 0 aliphatic carbocycles. The van der Waals surface area contributed by atoms with Gasteiger partial charge in [0.15, 0.2) is 0 Å². The Morgan fingerprint density at radius 1 is 0.452 bits per heavy atom. The van der Waals surface area contributed by atoms with Crippen LogP contribution < -0.4 is 15.9 Å². The van der Waals surface area contributed by atoms with Gasteiger partial charge in [-0.1, -0.05) is 78.9 Å². The largest absolute Gasteiger partial charge is 0.292 e. The van der Waals surface area contributed by atoms with E-state index in [2.05, 4.69) is 125 Å². The molecule has 196 valence electrons. The Labute approximate surface area is 242 Å². The number of hydrogen-bond acceptors (Lipinski definition) is 3. The second kappa shape index (κ2) is 9.17. The minimum atomic E-state index is -0.889. The van der Waals surface area contributed by atoms with Crippen LogP contribution in [-0.2, 0) is 0 Å². The molecule has 0 spiro atoms. The quantitative estimate of drug-likeness (QED) is 0.166. The maximum atomic E-state index is 5.17. The van der Waals surface area contributed by atoms with Gasteiger partial charge in [0.25, 0.3) is 0 Å². The van der Waals surface area contributed by atoms with Gasteiger partial charge in [0, 0.05) is 33.9 Å². The molecule has 0 amide bonds. The van der Waals surface area contributed by atoms with Crippen LogP contribution in [0.3, 0.4) is 0 Å². The van der Waals surface area contributed by atoms with Crippen molar-refractivity contribution in [1.29, 1.82) is 0 Å². The fourth-order valence-electron chi connectivity index (χ4n) is 6.28. The second-order valence-corrected chi connectivity index (χ2v) is 12.8. The lowest BCUT2D eigenvalue weighted by molar-refractivity contribution is 1.32. The van der Waals surface area contributed by atoms with E-state index in [1.165, 1.54) is 37.6 Å². The highest BCUT2D eigenvalue weighted by Crippen LogP contribution is 2.37. The SMILES string of the molecule is c1cnc2ccc(P(c3ccc4cccnc4c3)c3ccc4nc5c6ccccc6c6ccccc6n5c4c3)cc2c1. The van der Waals surface area contributed by atoms with Crippen molar-refractivity contribution in [1.82, 2.24) is 19.4 Å². The number of para-hydroxylation sites is 1. The molecule has 4 aromatic heterocycles. The fourth-order valence-corrected chi connectivity index (χ4v) is 8.62. The molecule has 9 aromatic rings. The first-order valence-electron chi connectivity index (χ1n) is 14.0. The molecule has 0 fully saturated rings. The molecule has 42 heavy (non-hydrogen) atoms. The van der Waals surface area contributed by atoms with Crippen LogP contribution in [0.1, 0.15) is 0 Å². The first-order valence-corrected chi connectivity index (χ1v) is 15.4. The third kappa shape index (κ3) is 3.56. The second-order valence-electron chi connectivity index (χ2n) is 10.6. The Morgan fingerprint density at radius 3 is 2.00 bits per heavy atom. The Morgan fingerprint density at radius 2 is 1.12 bits per heavy atom. The van der Waals surface area contributed by atoms with Crippen molar-refractivity contribution in [3.63, 3.8) is 0 Å². The molecular formula is C37H23N4P. The lowest BCUT2D eigenvalue weighted by Gasteiger charge is -2.20. The Kier molecular flexibility index (Phi) is 5.13. The van der Waals surface area contributed by atoms with Gasteiger partial charge in [0.05, 0.1) is 27.6 Å². The average Bonchev–Trinajstić information content (AvgIpc) is 3.44. The van der Waals surface area contributed by atoms with Gasteiger partial charge in [-0.25, -0.2) is 4.98 Å². The van der Waals surface area contributed by atoms with Crippen molar-refractivity contribution in [3.8, 4) is 0 Å². The molecule has 0 bridgehead atoms. The molecule has 0 saturated heterocycles. The number of nitrogens with zero attached hydrogens (tertiary/aromatic N) is 4. The molecule has 1 unspecified atom stereocenters. The number of benzene rings is 5. The van der Waals surface area contributed by atoms with E-state index in [9.17, 15) is 0 Å². The van der Waals surface area contributed by atoms with Crippen LogP contribution in [0.2, 0.25) is 0 Å². The number of imidazole rings is 1. The molecule has 1 atom stereocenters. The normalized spacial score (nSPS) is 12.7. The van der Waals surface area contributed by atoms with Gasteiger partial charge >= 0.3 is 0 Å². The van der Waals surface area contributed by atoms with Gasteiger partial charge in [-0.3, -0.25) is 14.4 Å². The molecule has 0 radical (unpaired) electrons. The molecule has 0 saturated carbocycles. The molecule has 4 heterocycles. The number of pyridine rings is 3. The summed E-state index contributed by atoms with van der Waals surface area (Å²) in [6.07, 6.45) is 3.72. The number of hydrogen-bond donors (Lipinski definition) is 0. The van der Waals surface area contributed by atoms with Crippen LogP contribution in [0.15, 0.2) is 140 Å². The summed E-state index contributed by atoms with van der Waals surface area (Å²) in [5, 5.41) is 9.74. The summed E-state index contributed by atoms with van der Waals surface area (Å²) in [7, 11) is -0.889. The first-order chi connectivity index (χ1) is 20.8. The van der Waals surface area contributed by atoms with Crippen LogP contribution in [0, 0.1) is 0 Å². The zero-order valence-electron chi connectivity index (χ0n) is 22.5. The lowest BCUT2D eigenvalue weighted by Crippen LogP contribution is -2.21. The minimum absolute atomic E-state index is 0.889. The molecule has 5 heteroatoms. The van der Waals surface area contributed by atoms with E-state index in [1.807, 2.05) is 24.5 Å². The summed E-state index contributed by atoms with van der Waals surface area (Å²) >= 11 is 0. The summed E-state index contributed by atoms with van der Waals surface area (Å²) in [6.45, 7) is 0. The third-order valence-electron chi connectivity index (χ3n) is 8.19. The maximum Gasteiger partial charge on any atom is 0.146 e. The smallest absolute Gasteiger partial charge is 0.146 e. The van der Waals surface area contributed by atoms with E-state index in [0.717, 1.165) is 38.5 Å².